The van der Waals surface area contributed by atoms with Crippen molar-refractivity contribution in [2.75, 3.05) is 18.5 Å². The van der Waals surface area contributed by atoms with Crippen LogP contribution in [0, 0.1) is 0 Å². The van der Waals surface area contributed by atoms with Crippen molar-refractivity contribution < 1.29 is 19.1 Å². The Bertz CT molecular complexity index is 1110. The normalized spacial score (nSPS) is 12.7. The summed E-state index contributed by atoms with van der Waals surface area (Å²) in [6, 6.07) is 14.4. The number of anilines is 1. The fourth-order valence-electron chi connectivity index (χ4n) is 3.36. The summed E-state index contributed by atoms with van der Waals surface area (Å²) in [6.45, 7) is 2.84. The highest BCUT2D eigenvalue weighted by atomic mass is 32.1. The zero-order chi connectivity index (χ0) is 22.5. The van der Waals surface area contributed by atoms with Gasteiger partial charge in [0.05, 0.1) is 23.4 Å². The zero-order valence-corrected chi connectivity index (χ0v) is 18.5. The van der Waals surface area contributed by atoms with E-state index in [4.69, 9.17) is 4.74 Å². The number of rotatable bonds is 9. The molecule has 0 saturated carbocycles. The van der Waals surface area contributed by atoms with Crippen molar-refractivity contribution in [3.8, 4) is 17.0 Å². The summed E-state index contributed by atoms with van der Waals surface area (Å²) >= 11 is 1.32. The maximum absolute atomic E-state index is 12.4. The van der Waals surface area contributed by atoms with Crippen LogP contribution in [0.15, 0.2) is 53.9 Å². The number of carbonyl (C=O) groups excluding carboxylic acids is 3. The van der Waals surface area contributed by atoms with Crippen molar-refractivity contribution in [3.05, 3.63) is 65.0 Å². The van der Waals surface area contributed by atoms with E-state index in [9.17, 15) is 14.4 Å². The van der Waals surface area contributed by atoms with E-state index in [0.29, 0.717) is 22.9 Å². The van der Waals surface area contributed by atoms with E-state index < -0.39 is 0 Å². The average molecular weight is 450 g/mol. The molecule has 7 nitrogen and oxygen atoms in total. The van der Waals surface area contributed by atoms with Crippen LogP contribution < -0.4 is 10.1 Å². The molecule has 2 aromatic carbocycles. The molecule has 3 amide bonds. The van der Waals surface area contributed by atoms with Crippen LogP contribution in [-0.2, 0) is 4.79 Å². The minimum absolute atomic E-state index is 0.00414. The van der Waals surface area contributed by atoms with Gasteiger partial charge in [0.15, 0.2) is 5.13 Å². The number of nitrogens with one attached hydrogen (secondary N) is 1. The smallest absolute Gasteiger partial charge is 0.261 e. The Morgan fingerprint density at radius 3 is 2.41 bits per heavy atom. The fraction of sp³-hybridized carbons (Fsp3) is 0.250. The molecule has 0 unspecified atom stereocenters. The molecule has 0 saturated heterocycles. The Morgan fingerprint density at radius 1 is 1.06 bits per heavy atom. The summed E-state index contributed by atoms with van der Waals surface area (Å²) in [5.41, 5.74) is 2.44. The number of hydrogen-bond acceptors (Lipinski definition) is 6. The van der Waals surface area contributed by atoms with Crippen molar-refractivity contribution in [2.24, 2.45) is 0 Å². The number of hydrogen-bond donors (Lipinski definition) is 1. The summed E-state index contributed by atoms with van der Waals surface area (Å²) in [6.07, 6.45) is 2.11. The topological polar surface area (TPSA) is 88.6 Å². The van der Waals surface area contributed by atoms with Gasteiger partial charge in [-0.1, -0.05) is 25.5 Å². The van der Waals surface area contributed by atoms with Gasteiger partial charge < -0.3 is 10.1 Å². The molecule has 3 aromatic rings. The summed E-state index contributed by atoms with van der Waals surface area (Å²) < 4.78 is 5.67. The van der Waals surface area contributed by atoms with Crippen LogP contribution in [0.25, 0.3) is 11.3 Å². The van der Waals surface area contributed by atoms with Gasteiger partial charge in [-0.15, -0.1) is 11.3 Å². The first-order valence-electron chi connectivity index (χ1n) is 10.5. The highest BCUT2D eigenvalue weighted by molar-refractivity contribution is 7.14. The number of imide groups is 1. The van der Waals surface area contributed by atoms with Crippen molar-refractivity contribution in [2.45, 2.75) is 26.2 Å². The lowest BCUT2D eigenvalue weighted by Crippen LogP contribution is -2.32. The van der Waals surface area contributed by atoms with Crippen LogP contribution in [0.2, 0.25) is 0 Å². The van der Waals surface area contributed by atoms with E-state index in [-0.39, 0.29) is 30.7 Å². The highest BCUT2D eigenvalue weighted by Gasteiger charge is 2.34. The predicted molar refractivity (Wildman–Crippen MR) is 123 cm³/mol. The first-order valence-corrected chi connectivity index (χ1v) is 11.4. The second-order valence-electron chi connectivity index (χ2n) is 7.37. The first-order chi connectivity index (χ1) is 15.6. The SMILES string of the molecule is CCCCOc1ccc(-c2csc(NC(=O)CCN3C(=O)c4ccccc4C3=O)n2)cc1. The van der Waals surface area contributed by atoms with Gasteiger partial charge in [0.1, 0.15) is 5.75 Å². The van der Waals surface area contributed by atoms with Crippen molar-refractivity contribution in [1.82, 2.24) is 9.88 Å². The summed E-state index contributed by atoms with van der Waals surface area (Å²) in [4.78, 5) is 42.7. The number of thiazole rings is 1. The lowest BCUT2D eigenvalue weighted by Gasteiger charge is -2.12. The second-order valence-corrected chi connectivity index (χ2v) is 8.23. The number of aromatic nitrogens is 1. The monoisotopic (exact) mass is 449 g/mol. The summed E-state index contributed by atoms with van der Waals surface area (Å²) in [5.74, 6) is -0.213. The third kappa shape index (κ3) is 4.70. The Morgan fingerprint density at radius 2 is 1.75 bits per heavy atom. The van der Waals surface area contributed by atoms with Gasteiger partial charge in [-0.05, 0) is 42.8 Å². The van der Waals surface area contributed by atoms with E-state index in [0.717, 1.165) is 34.7 Å². The van der Waals surface area contributed by atoms with Crippen LogP contribution in [0.4, 0.5) is 5.13 Å². The standard InChI is InChI=1S/C24H23N3O4S/c1-2-3-14-31-17-10-8-16(9-11-17)20-15-32-24(25-20)26-21(28)12-13-27-22(29)18-6-4-5-7-19(18)23(27)30/h4-11,15H,2-3,12-14H2,1H3,(H,25,26,28). The van der Waals surface area contributed by atoms with E-state index >= 15 is 0 Å². The molecule has 2 heterocycles. The molecule has 1 aliphatic heterocycles. The van der Waals surface area contributed by atoms with Gasteiger partial charge in [0, 0.05) is 23.9 Å². The van der Waals surface area contributed by atoms with Crippen LogP contribution in [0.5, 0.6) is 5.75 Å². The van der Waals surface area contributed by atoms with Crippen LogP contribution in [0.3, 0.4) is 0 Å². The van der Waals surface area contributed by atoms with Gasteiger partial charge in [0.2, 0.25) is 5.91 Å². The molecule has 1 aliphatic rings. The van der Waals surface area contributed by atoms with E-state index in [1.54, 1.807) is 24.3 Å². The average Bonchev–Trinajstić information content (AvgIpc) is 3.36. The summed E-state index contributed by atoms with van der Waals surface area (Å²) in [7, 11) is 0. The molecule has 1 N–H and O–H groups in total. The number of benzene rings is 2. The highest BCUT2D eigenvalue weighted by Crippen LogP contribution is 2.27. The molecule has 0 aliphatic carbocycles. The van der Waals surface area contributed by atoms with E-state index in [1.807, 2.05) is 29.6 Å². The molecule has 164 valence electrons. The molecule has 0 bridgehead atoms. The van der Waals surface area contributed by atoms with Crippen LogP contribution >= 0.6 is 11.3 Å². The quantitative estimate of drug-likeness (QED) is 0.381. The van der Waals surface area contributed by atoms with Crippen LogP contribution in [-0.4, -0.2) is 40.8 Å². The van der Waals surface area contributed by atoms with Crippen molar-refractivity contribution >= 4 is 34.2 Å². The minimum Gasteiger partial charge on any atom is -0.494 e. The van der Waals surface area contributed by atoms with Crippen molar-refractivity contribution in [3.63, 3.8) is 0 Å². The number of unbranched alkanes of at least 4 members (excludes halogenated alkanes) is 1. The van der Waals surface area contributed by atoms with Crippen molar-refractivity contribution in [1.29, 1.82) is 0 Å². The second kappa shape index (κ2) is 9.74. The largest absolute Gasteiger partial charge is 0.494 e. The predicted octanol–water partition coefficient (Wildman–Crippen LogP) is 4.61. The first kappa shape index (κ1) is 21.7. The van der Waals surface area contributed by atoms with E-state index in [1.165, 1.54) is 11.3 Å². The van der Waals surface area contributed by atoms with Gasteiger partial charge in [-0.2, -0.15) is 0 Å². The molecule has 0 spiro atoms. The lowest BCUT2D eigenvalue weighted by atomic mass is 10.1. The van der Waals surface area contributed by atoms with Gasteiger partial charge in [0.25, 0.3) is 11.8 Å². The molecule has 8 heteroatoms. The summed E-state index contributed by atoms with van der Waals surface area (Å²) in [5, 5.41) is 5.08. The molecule has 4 rings (SSSR count). The van der Waals surface area contributed by atoms with Gasteiger partial charge in [-0.3, -0.25) is 19.3 Å². The maximum Gasteiger partial charge on any atom is 0.261 e. The molecule has 1 aromatic heterocycles. The molecular weight excluding hydrogens is 426 g/mol. The molecule has 0 fully saturated rings. The van der Waals surface area contributed by atoms with E-state index in [2.05, 4.69) is 17.2 Å². The third-order valence-electron chi connectivity index (χ3n) is 5.11. The van der Waals surface area contributed by atoms with Gasteiger partial charge in [-0.25, -0.2) is 4.98 Å². The molecule has 0 atom stereocenters. The maximum atomic E-state index is 12.4. The number of amides is 3. The number of ether oxygens (including phenoxy) is 1. The molecule has 0 radical (unpaired) electrons. The molecular formula is C24H23N3O4S. The Kier molecular flexibility index (Phi) is 6.61. The lowest BCUT2D eigenvalue weighted by molar-refractivity contribution is -0.116. The zero-order valence-electron chi connectivity index (χ0n) is 17.7. The third-order valence-corrected chi connectivity index (χ3v) is 5.87. The fourth-order valence-corrected chi connectivity index (χ4v) is 4.09. The Hall–Kier alpha value is -3.52. The van der Waals surface area contributed by atoms with Gasteiger partial charge >= 0.3 is 0 Å². The number of carbonyl (C=O) groups is 3. The number of nitrogens with zero attached hydrogens (tertiary/aromatic N) is 2. The van der Waals surface area contributed by atoms with Crippen LogP contribution in [0.1, 0.15) is 46.9 Å². The Labute approximate surface area is 190 Å². The number of fused-ring (bicyclic) bond motifs is 1. The molecule has 32 heavy (non-hydrogen) atoms. The minimum atomic E-state index is -0.364. The Balaban J connectivity index is 1.31.